The Kier molecular flexibility index (Phi) is 4.20. The molecule has 21 heavy (non-hydrogen) atoms. The molecule has 1 amide bonds. The summed E-state index contributed by atoms with van der Waals surface area (Å²) >= 11 is 5.98. The summed E-state index contributed by atoms with van der Waals surface area (Å²) in [5, 5.41) is 2.76. The van der Waals surface area contributed by atoms with Gasteiger partial charge >= 0.3 is 0 Å². The highest BCUT2D eigenvalue weighted by atomic mass is 35.5. The van der Waals surface area contributed by atoms with Crippen LogP contribution in [0.3, 0.4) is 0 Å². The van der Waals surface area contributed by atoms with Crippen molar-refractivity contribution in [1.29, 1.82) is 0 Å². The van der Waals surface area contributed by atoms with E-state index in [1.165, 1.54) is 18.2 Å². The van der Waals surface area contributed by atoms with E-state index in [1.807, 2.05) is 0 Å². The Bertz CT molecular complexity index is 804. The number of nitrogen functional groups attached to an aromatic ring is 1. The minimum absolute atomic E-state index is 0.124. The van der Waals surface area contributed by atoms with E-state index in [-0.39, 0.29) is 15.5 Å². The number of halogens is 1. The van der Waals surface area contributed by atoms with Crippen LogP contribution in [0.25, 0.3) is 0 Å². The minimum Gasteiger partial charge on any atom is -0.398 e. The molecule has 2 aromatic rings. The van der Waals surface area contributed by atoms with Crippen molar-refractivity contribution in [2.45, 2.75) is 4.90 Å². The molecule has 7 heteroatoms. The number of rotatable bonds is 3. The summed E-state index contributed by atoms with van der Waals surface area (Å²) in [7, 11) is -3.34. The second kappa shape index (κ2) is 5.75. The number of nitrogens with two attached hydrogens (primary N) is 1. The highest BCUT2D eigenvalue weighted by Gasteiger charge is 2.13. The molecular formula is C14H13ClN2O3S. The number of hydrogen-bond donors (Lipinski definition) is 2. The third-order valence-corrected chi connectivity index (χ3v) is 4.33. The van der Waals surface area contributed by atoms with Gasteiger partial charge in [-0.3, -0.25) is 4.79 Å². The van der Waals surface area contributed by atoms with Gasteiger partial charge in [0.25, 0.3) is 5.91 Å². The number of sulfone groups is 1. The molecule has 0 saturated heterocycles. The maximum Gasteiger partial charge on any atom is 0.257 e. The summed E-state index contributed by atoms with van der Waals surface area (Å²) in [6.45, 7) is 0. The van der Waals surface area contributed by atoms with E-state index in [0.717, 1.165) is 6.26 Å². The zero-order valence-electron chi connectivity index (χ0n) is 11.1. The summed E-state index contributed by atoms with van der Waals surface area (Å²) in [4.78, 5) is 12.3. The molecule has 110 valence electrons. The lowest BCUT2D eigenvalue weighted by atomic mass is 10.2. The van der Waals surface area contributed by atoms with Gasteiger partial charge in [-0.15, -0.1) is 0 Å². The molecular weight excluding hydrogens is 312 g/mol. The van der Waals surface area contributed by atoms with E-state index >= 15 is 0 Å². The molecule has 2 aromatic carbocycles. The average Bonchev–Trinajstić information content (AvgIpc) is 2.41. The largest absolute Gasteiger partial charge is 0.398 e. The summed E-state index contributed by atoms with van der Waals surface area (Å²) in [6, 6.07) is 10.7. The van der Waals surface area contributed by atoms with Crippen LogP contribution in [-0.4, -0.2) is 20.6 Å². The van der Waals surface area contributed by atoms with Crippen LogP contribution in [0.15, 0.2) is 47.4 Å². The fourth-order valence-electron chi connectivity index (χ4n) is 1.73. The van der Waals surface area contributed by atoms with Crippen LogP contribution in [0.2, 0.25) is 5.02 Å². The first-order valence-corrected chi connectivity index (χ1v) is 8.21. The summed E-state index contributed by atoms with van der Waals surface area (Å²) in [6.07, 6.45) is 1.10. The Hall–Kier alpha value is -2.05. The van der Waals surface area contributed by atoms with Crippen molar-refractivity contribution in [1.82, 2.24) is 0 Å². The predicted molar refractivity (Wildman–Crippen MR) is 83.4 cm³/mol. The molecule has 0 spiro atoms. The Morgan fingerprint density at radius 2 is 1.86 bits per heavy atom. The van der Waals surface area contributed by atoms with Crippen LogP contribution >= 0.6 is 11.6 Å². The fourth-order valence-corrected chi connectivity index (χ4v) is 2.61. The van der Waals surface area contributed by atoms with Gasteiger partial charge in [0.15, 0.2) is 9.84 Å². The Morgan fingerprint density at radius 1 is 1.19 bits per heavy atom. The fraction of sp³-hybridized carbons (Fsp3) is 0.0714. The zero-order valence-corrected chi connectivity index (χ0v) is 12.7. The minimum atomic E-state index is -3.34. The van der Waals surface area contributed by atoms with Gasteiger partial charge in [-0.25, -0.2) is 8.42 Å². The molecule has 0 saturated carbocycles. The van der Waals surface area contributed by atoms with E-state index in [1.54, 1.807) is 24.3 Å². The molecule has 0 aliphatic heterocycles. The van der Waals surface area contributed by atoms with Crippen LogP contribution in [0.5, 0.6) is 0 Å². The van der Waals surface area contributed by atoms with Crippen LogP contribution < -0.4 is 11.1 Å². The maximum atomic E-state index is 12.1. The van der Waals surface area contributed by atoms with Crippen molar-refractivity contribution < 1.29 is 13.2 Å². The standard InChI is InChI=1S/C14H13ClN2O3S/c1-21(19,20)10-5-2-4-9(8-10)17-14(18)11-6-3-7-12(16)13(11)15/h2-8H,16H2,1H3,(H,17,18). The molecule has 0 bridgehead atoms. The lowest BCUT2D eigenvalue weighted by Gasteiger charge is -2.09. The summed E-state index contributed by atoms with van der Waals surface area (Å²) < 4.78 is 23.0. The molecule has 0 heterocycles. The normalized spacial score (nSPS) is 11.1. The smallest absolute Gasteiger partial charge is 0.257 e. The van der Waals surface area contributed by atoms with Crippen LogP contribution in [0.4, 0.5) is 11.4 Å². The van der Waals surface area contributed by atoms with Crippen LogP contribution in [0.1, 0.15) is 10.4 Å². The topological polar surface area (TPSA) is 89.3 Å². The molecule has 0 unspecified atom stereocenters. The number of benzene rings is 2. The molecule has 0 radical (unpaired) electrons. The molecule has 0 aromatic heterocycles. The molecule has 2 rings (SSSR count). The van der Waals surface area contributed by atoms with Gasteiger partial charge < -0.3 is 11.1 Å². The van der Waals surface area contributed by atoms with Gasteiger partial charge in [-0.1, -0.05) is 23.7 Å². The highest BCUT2D eigenvalue weighted by Crippen LogP contribution is 2.24. The molecule has 3 N–H and O–H groups in total. The molecule has 0 atom stereocenters. The van der Waals surface area contributed by atoms with E-state index < -0.39 is 15.7 Å². The van der Waals surface area contributed by atoms with Gasteiger partial charge in [0.1, 0.15) is 0 Å². The van der Waals surface area contributed by atoms with Crippen molar-refractivity contribution >= 4 is 38.7 Å². The van der Waals surface area contributed by atoms with E-state index in [2.05, 4.69) is 5.32 Å². The van der Waals surface area contributed by atoms with E-state index in [9.17, 15) is 13.2 Å². The van der Waals surface area contributed by atoms with Crippen LogP contribution in [0, 0.1) is 0 Å². The van der Waals surface area contributed by atoms with Gasteiger partial charge in [-0.05, 0) is 30.3 Å². The second-order valence-corrected chi connectivity index (χ2v) is 6.86. The van der Waals surface area contributed by atoms with Crippen LogP contribution in [-0.2, 0) is 9.84 Å². The van der Waals surface area contributed by atoms with Crippen molar-refractivity contribution in [3.05, 3.63) is 53.1 Å². The van der Waals surface area contributed by atoms with E-state index in [0.29, 0.717) is 11.4 Å². The first kappa shape index (κ1) is 15.3. The maximum absolute atomic E-state index is 12.1. The number of carbonyl (C=O) groups excluding carboxylic acids is 1. The number of hydrogen-bond acceptors (Lipinski definition) is 4. The van der Waals surface area contributed by atoms with Gasteiger partial charge in [0.2, 0.25) is 0 Å². The van der Waals surface area contributed by atoms with Crippen molar-refractivity contribution in [2.75, 3.05) is 17.3 Å². The van der Waals surface area contributed by atoms with Crippen molar-refractivity contribution in [3.8, 4) is 0 Å². The SMILES string of the molecule is CS(=O)(=O)c1cccc(NC(=O)c2cccc(N)c2Cl)c1. The number of carbonyl (C=O) groups is 1. The van der Waals surface area contributed by atoms with Gasteiger partial charge in [-0.2, -0.15) is 0 Å². The van der Waals surface area contributed by atoms with Gasteiger partial charge in [0.05, 0.1) is 21.2 Å². The van der Waals surface area contributed by atoms with E-state index in [4.69, 9.17) is 17.3 Å². The lowest BCUT2D eigenvalue weighted by Crippen LogP contribution is -2.13. The Balaban J connectivity index is 2.30. The molecule has 0 aliphatic rings. The quantitative estimate of drug-likeness (QED) is 0.849. The number of anilines is 2. The zero-order chi connectivity index (χ0) is 15.6. The second-order valence-electron chi connectivity index (χ2n) is 4.46. The first-order chi connectivity index (χ1) is 9.79. The van der Waals surface area contributed by atoms with Crippen molar-refractivity contribution in [2.24, 2.45) is 0 Å². The number of nitrogens with one attached hydrogen (secondary N) is 1. The summed E-state index contributed by atoms with van der Waals surface area (Å²) in [5.74, 6) is -0.460. The third-order valence-electron chi connectivity index (χ3n) is 2.79. The lowest BCUT2D eigenvalue weighted by molar-refractivity contribution is 0.102. The Labute approximate surface area is 127 Å². The molecule has 0 fully saturated rings. The molecule has 0 aliphatic carbocycles. The highest BCUT2D eigenvalue weighted by molar-refractivity contribution is 7.90. The third kappa shape index (κ3) is 3.53. The predicted octanol–water partition coefficient (Wildman–Crippen LogP) is 2.58. The summed E-state index contributed by atoms with van der Waals surface area (Å²) in [5.41, 5.74) is 6.53. The average molecular weight is 325 g/mol. The Morgan fingerprint density at radius 3 is 2.52 bits per heavy atom. The number of amides is 1. The monoisotopic (exact) mass is 324 g/mol. The first-order valence-electron chi connectivity index (χ1n) is 5.94. The van der Waals surface area contributed by atoms with Crippen molar-refractivity contribution in [3.63, 3.8) is 0 Å². The van der Waals surface area contributed by atoms with Gasteiger partial charge in [0, 0.05) is 11.9 Å². The molecule has 5 nitrogen and oxygen atoms in total.